The molecule has 390 valence electrons. The summed E-state index contributed by atoms with van der Waals surface area (Å²) in [6.07, 6.45) is 0. The van der Waals surface area contributed by atoms with E-state index < -0.39 is 0 Å². The summed E-state index contributed by atoms with van der Waals surface area (Å²) < 4.78 is 5.23. The predicted molar refractivity (Wildman–Crippen MR) is 349 cm³/mol. The minimum absolute atomic E-state index is 0.0716. The highest BCUT2D eigenvalue weighted by Crippen LogP contribution is 2.48. The fourth-order valence-electron chi connectivity index (χ4n) is 11.8. The molecule has 0 saturated carbocycles. The Morgan fingerprint density at radius 1 is 0.241 bits per heavy atom. The Morgan fingerprint density at radius 2 is 0.506 bits per heavy atom. The number of aromatic nitrogens is 1. The van der Waals surface area contributed by atoms with E-state index in [4.69, 9.17) is 0 Å². The van der Waals surface area contributed by atoms with Crippen molar-refractivity contribution in [1.29, 1.82) is 0 Å². The number of benzene rings is 10. The zero-order chi connectivity index (χ0) is 54.9. The lowest BCUT2D eigenvalue weighted by Gasteiger charge is -2.19. The number of nitrogens with one attached hydrogen (secondary N) is 1. The van der Waals surface area contributed by atoms with E-state index in [-0.39, 0.29) is 21.7 Å². The van der Waals surface area contributed by atoms with Crippen molar-refractivity contribution in [2.45, 2.75) is 105 Å². The third-order valence-corrected chi connectivity index (χ3v) is 19.1. The van der Waals surface area contributed by atoms with Crippen LogP contribution in [0.3, 0.4) is 0 Å². The maximum Gasteiger partial charge on any atom is 0.0465 e. The average molecular weight is 1060 g/mol. The first-order valence-electron chi connectivity index (χ1n) is 28.1. The summed E-state index contributed by atoms with van der Waals surface area (Å²) in [5.41, 5.74) is 22.9. The van der Waals surface area contributed by atoms with Crippen molar-refractivity contribution < 1.29 is 0 Å². The molecule has 1 nitrogen and oxygen atoms in total. The van der Waals surface area contributed by atoms with E-state index in [1.54, 1.807) is 0 Å². The standard InChI is InChI=1S/C76H69NS2/c1-73(2,3)55-25-13-45(14-26-55)49-23-35-69-63(37-49)65-43-53(47-17-29-57(30-18-47)75(7,8)9)41-59(71(65)78-69)51-21-33-67-61(39-51)62-40-52(22-34-68(62)77-67)60-42-54(48-19-31-58(32-20-48)76(10,11)12)44-66-64-38-50(24-36-70(64)79-72(60)66)46-15-27-56(28-16-46)74(4,5)6/h13-44,77H,1-12H3. The van der Waals surface area contributed by atoms with Gasteiger partial charge in [0.15, 0.2) is 0 Å². The van der Waals surface area contributed by atoms with Crippen molar-refractivity contribution in [3.8, 4) is 66.8 Å². The van der Waals surface area contributed by atoms with Crippen LogP contribution >= 0.6 is 22.7 Å². The van der Waals surface area contributed by atoms with Crippen LogP contribution in [0.4, 0.5) is 0 Å². The Morgan fingerprint density at radius 3 is 0.823 bits per heavy atom. The molecule has 13 aromatic rings. The molecule has 13 rings (SSSR count). The summed E-state index contributed by atoms with van der Waals surface area (Å²) in [5, 5.41) is 7.66. The molecule has 79 heavy (non-hydrogen) atoms. The van der Waals surface area contributed by atoms with E-state index in [0.29, 0.717) is 0 Å². The number of H-pyrrole nitrogens is 1. The van der Waals surface area contributed by atoms with Gasteiger partial charge in [0.2, 0.25) is 0 Å². The largest absolute Gasteiger partial charge is 0.355 e. The maximum atomic E-state index is 3.83. The van der Waals surface area contributed by atoms with E-state index in [9.17, 15) is 0 Å². The van der Waals surface area contributed by atoms with Crippen LogP contribution in [0.2, 0.25) is 0 Å². The first kappa shape index (κ1) is 50.9. The molecular formula is C76H69NS2. The monoisotopic (exact) mass is 1060 g/mol. The van der Waals surface area contributed by atoms with Crippen LogP contribution < -0.4 is 0 Å². The summed E-state index contributed by atoms with van der Waals surface area (Å²) in [5.74, 6) is 0. The molecule has 0 bridgehead atoms. The molecule has 0 aliphatic heterocycles. The molecule has 0 radical (unpaired) electrons. The van der Waals surface area contributed by atoms with Crippen LogP contribution in [0, 0.1) is 0 Å². The number of hydrogen-bond donors (Lipinski definition) is 1. The summed E-state index contributed by atoms with van der Waals surface area (Å²) in [6, 6.07) is 75.0. The molecule has 1 N–H and O–H groups in total. The highest BCUT2D eigenvalue weighted by molar-refractivity contribution is 7.26. The second-order valence-electron chi connectivity index (χ2n) is 26.4. The van der Waals surface area contributed by atoms with Crippen molar-refractivity contribution in [1.82, 2.24) is 4.98 Å². The van der Waals surface area contributed by atoms with Gasteiger partial charge in [-0.3, -0.25) is 0 Å². The van der Waals surface area contributed by atoms with Gasteiger partial charge < -0.3 is 4.98 Å². The zero-order valence-corrected chi connectivity index (χ0v) is 49.4. The van der Waals surface area contributed by atoms with Gasteiger partial charge in [-0.05, 0) is 172 Å². The molecule has 0 amide bonds. The van der Waals surface area contributed by atoms with Crippen molar-refractivity contribution >= 4 is 84.8 Å². The van der Waals surface area contributed by atoms with Crippen LogP contribution in [0.1, 0.15) is 105 Å². The Balaban J connectivity index is 0.972. The fraction of sp³-hybridized carbons (Fsp3) is 0.211. The first-order valence-corrected chi connectivity index (χ1v) is 29.7. The van der Waals surface area contributed by atoms with E-state index in [0.717, 1.165) is 11.0 Å². The highest BCUT2D eigenvalue weighted by atomic mass is 32.1. The Bertz CT molecular complexity index is 4220. The van der Waals surface area contributed by atoms with Gasteiger partial charge in [0.1, 0.15) is 0 Å². The molecule has 0 fully saturated rings. The summed E-state index contributed by atoms with van der Waals surface area (Å²) in [6.45, 7) is 27.4. The number of hydrogen-bond acceptors (Lipinski definition) is 2. The lowest BCUT2D eigenvalue weighted by molar-refractivity contribution is 0.590. The number of aromatic amines is 1. The second-order valence-corrected chi connectivity index (χ2v) is 28.5. The summed E-state index contributed by atoms with van der Waals surface area (Å²) >= 11 is 3.82. The Labute approximate surface area is 474 Å². The lowest BCUT2D eigenvalue weighted by Crippen LogP contribution is -2.10. The van der Waals surface area contributed by atoms with Gasteiger partial charge in [-0.15, -0.1) is 22.7 Å². The number of rotatable bonds is 6. The molecule has 3 heteroatoms. The van der Waals surface area contributed by atoms with Crippen LogP contribution in [0.15, 0.2) is 194 Å². The van der Waals surface area contributed by atoms with Crippen LogP contribution in [0.25, 0.3) is 129 Å². The molecule has 0 spiro atoms. The van der Waals surface area contributed by atoms with Gasteiger partial charge in [0, 0.05) is 73.3 Å². The molecule has 10 aromatic carbocycles. The predicted octanol–water partition coefficient (Wildman–Crippen LogP) is 23.2. The van der Waals surface area contributed by atoms with E-state index in [1.807, 2.05) is 22.7 Å². The molecule has 3 heterocycles. The lowest BCUT2D eigenvalue weighted by atomic mass is 9.86. The molecule has 3 aromatic heterocycles. The van der Waals surface area contributed by atoms with Gasteiger partial charge in [0.05, 0.1) is 0 Å². The van der Waals surface area contributed by atoms with Crippen molar-refractivity contribution in [3.05, 3.63) is 216 Å². The van der Waals surface area contributed by atoms with Crippen LogP contribution in [-0.4, -0.2) is 4.98 Å². The molecule has 0 unspecified atom stereocenters. The quantitative estimate of drug-likeness (QED) is 0.171. The van der Waals surface area contributed by atoms with E-state index >= 15 is 0 Å². The normalized spacial score (nSPS) is 12.8. The van der Waals surface area contributed by atoms with Gasteiger partial charge >= 0.3 is 0 Å². The first-order chi connectivity index (χ1) is 37.6. The van der Waals surface area contributed by atoms with Crippen LogP contribution in [0.5, 0.6) is 0 Å². The number of fused-ring (bicyclic) bond motifs is 9. The second kappa shape index (κ2) is 18.5. The molecule has 0 saturated heterocycles. The third-order valence-electron chi connectivity index (χ3n) is 16.7. The molecule has 0 atom stereocenters. The SMILES string of the molecule is CC(C)(C)c1ccc(-c2ccc3sc4c(-c5ccc6[nH]c7ccc(-c8cc(-c9ccc(C(C)(C)C)cc9)cc9c8sc8ccc(-c%10ccc(C(C)(C)C)cc%10)cc89)cc7c6c5)cc(-c5ccc(C(C)(C)C)cc5)cc4c3c2)cc1. The Hall–Kier alpha value is -7.56. The van der Waals surface area contributed by atoms with Crippen molar-refractivity contribution in [2.24, 2.45) is 0 Å². The summed E-state index contributed by atoms with van der Waals surface area (Å²) in [4.78, 5) is 3.83. The maximum absolute atomic E-state index is 3.83. The van der Waals surface area contributed by atoms with Crippen LogP contribution in [-0.2, 0) is 21.7 Å². The Kier molecular flexibility index (Phi) is 11.9. The smallest absolute Gasteiger partial charge is 0.0465 e. The number of thiophene rings is 2. The van der Waals surface area contributed by atoms with Crippen molar-refractivity contribution in [3.63, 3.8) is 0 Å². The minimum atomic E-state index is 0.0716. The minimum Gasteiger partial charge on any atom is -0.355 e. The molecule has 0 aliphatic rings. The molecule has 0 aliphatic carbocycles. The van der Waals surface area contributed by atoms with E-state index in [1.165, 1.54) is 140 Å². The highest BCUT2D eigenvalue weighted by Gasteiger charge is 2.22. The fourth-order valence-corrected chi connectivity index (χ4v) is 14.2. The van der Waals surface area contributed by atoms with Crippen molar-refractivity contribution in [2.75, 3.05) is 0 Å². The topological polar surface area (TPSA) is 15.8 Å². The van der Waals surface area contributed by atoms with Gasteiger partial charge in [0.25, 0.3) is 0 Å². The third kappa shape index (κ3) is 9.29. The average Bonchev–Trinajstić information content (AvgIpc) is 4.35. The molecular weight excluding hydrogens is 991 g/mol. The van der Waals surface area contributed by atoms with Gasteiger partial charge in [-0.2, -0.15) is 0 Å². The summed E-state index contributed by atoms with van der Waals surface area (Å²) in [7, 11) is 0. The zero-order valence-electron chi connectivity index (χ0n) is 47.8. The van der Waals surface area contributed by atoms with E-state index in [2.05, 4.69) is 282 Å². The van der Waals surface area contributed by atoms with Gasteiger partial charge in [-0.1, -0.05) is 204 Å². The van der Waals surface area contributed by atoms with Gasteiger partial charge in [-0.25, -0.2) is 0 Å².